The average Bonchev–Trinajstić information content (AvgIpc) is 3.07. The molecule has 2 amide bonds. The zero-order valence-electron chi connectivity index (χ0n) is 15.6. The van der Waals surface area contributed by atoms with Gasteiger partial charge in [-0.05, 0) is 38.1 Å². The molecule has 26 heavy (non-hydrogen) atoms. The van der Waals surface area contributed by atoms with Crippen molar-refractivity contribution < 1.29 is 9.59 Å². The van der Waals surface area contributed by atoms with Gasteiger partial charge in [-0.3, -0.25) is 14.5 Å². The number of hydrogen-bond donors (Lipinski definition) is 2. The fraction of sp³-hybridized carbons (Fsp3) is 0.737. The average molecular weight is 379 g/mol. The molecule has 1 atom stereocenters. The summed E-state index contributed by atoms with van der Waals surface area (Å²) < 4.78 is 0. The van der Waals surface area contributed by atoms with E-state index in [1.54, 1.807) is 0 Å². The number of rotatable bonds is 6. The Kier molecular flexibility index (Phi) is 7.02. The second-order valence-electron chi connectivity index (χ2n) is 7.73. The largest absolute Gasteiger partial charge is 0.347 e. The molecule has 0 aromatic carbocycles. The SMILES string of the molecule is C[C@H]1CCCN(Cc2csc(NC(=O)CNC(=O)C3CCCCC3)n2)C1. The van der Waals surface area contributed by atoms with Gasteiger partial charge in [0.25, 0.3) is 0 Å². The zero-order valence-corrected chi connectivity index (χ0v) is 16.4. The van der Waals surface area contributed by atoms with E-state index in [2.05, 4.69) is 27.4 Å². The fourth-order valence-electron chi connectivity index (χ4n) is 3.94. The summed E-state index contributed by atoms with van der Waals surface area (Å²) in [5.74, 6) is 0.629. The monoisotopic (exact) mass is 378 g/mol. The van der Waals surface area contributed by atoms with Crippen LogP contribution in [-0.2, 0) is 16.1 Å². The number of nitrogens with zero attached hydrogens (tertiary/aromatic N) is 2. The Labute approximate surface area is 159 Å². The van der Waals surface area contributed by atoms with Gasteiger partial charge in [-0.25, -0.2) is 4.98 Å². The Morgan fingerprint density at radius 3 is 2.81 bits per heavy atom. The lowest BCUT2D eigenvalue weighted by Gasteiger charge is -2.30. The maximum absolute atomic E-state index is 12.1. The molecule has 2 N–H and O–H groups in total. The van der Waals surface area contributed by atoms with E-state index in [0.717, 1.165) is 56.9 Å². The number of carbonyl (C=O) groups excluding carboxylic acids is 2. The number of thiazole rings is 1. The number of nitrogens with one attached hydrogen (secondary N) is 2. The minimum absolute atomic E-state index is 0.0129. The summed E-state index contributed by atoms with van der Waals surface area (Å²) in [6.07, 6.45) is 7.88. The lowest BCUT2D eigenvalue weighted by Crippen LogP contribution is -2.37. The van der Waals surface area contributed by atoms with Crippen LogP contribution in [-0.4, -0.2) is 41.3 Å². The molecule has 0 unspecified atom stereocenters. The van der Waals surface area contributed by atoms with Crippen molar-refractivity contribution in [3.05, 3.63) is 11.1 Å². The highest BCUT2D eigenvalue weighted by molar-refractivity contribution is 7.13. The first kappa shape index (κ1) is 19.3. The first-order valence-electron chi connectivity index (χ1n) is 9.84. The normalized spacial score (nSPS) is 22.1. The number of amides is 2. The summed E-state index contributed by atoms with van der Waals surface area (Å²) in [5.41, 5.74) is 1.01. The molecule has 0 bridgehead atoms. The highest BCUT2D eigenvalue weighted by atomic mass is 32.1. The third-order valence-corrected chi connectivity index (χ3v) is 6.13. The Hall–Kier alpha value is -1.47. The van der Waals surface area contributed by atoms with Crippen molar-refractivity contribution >= 4 is 28.3 Å². The van der Waals surface area contributed by atoms with E-state index in [-0.39, 0.29) is 24.3 Å². The standard InChI is InChI=1S/C19H30N4O2S/c1-14-6-5-9-23(11-14)12-16-13-26-19(21-16)22-17(24)10-20-18(25)15-7-3-2-4-8-15/h13-15H,2-12H2,1H3,(H,20,25)(H,21,22,24)/t14-/m0/s1. The van der Waals surface area contributed by atoms with Crippen molar-refractivity contribution in [2.75, 3.05) is 25.0 Å². The van der Waals surface area contributed by atoms with Gasteiger partial charge in [0.15, 0.2) is 5.13 Å². The lowest BCUT2D eigenvalue weighted by atomic mass is 9.89. The van der Waals surface area contributed by atoms with Crippen molar-refractivity contribution in [1.29, 1.82) is 0 Å². The fourth-order valence-corrected chi connectivity index (χ4v) is 4.65. The second kappa shape index (κ2) is 9.46. The van der Waals surface area contributed by atoms with Gasteiger partial charge in [-0.15, -0.1) is 11.3 Å². The van der Waals surface area contributed by atoms with Crippen LogP contribution in [0.15, 0.2) is 5.38 Å². The van der Waals surface area contributed by atoms with Crippen LogP contribution < -0.4 is 10.6 Å². The number of hydrogen-bond acceptors (Lipinski definition) is 5. The summed E-state index contributed by atoms with van der Waals surface area (Å²) in [6, 6.07) is 0. The molecule has 2 fully saturated rings. The van der Waals surface area contributed by atoms with Gasteiger partial charge in [0, 0.05) is 24.4 Å². The minimum Gasteiger partial charge on any atom is -0.347 e. The number of likely N-dealkylation sites (tertiary alicyclic amines) is 1. The highest BCUT2D eigenvalue weighted by Gasteiger charge is 2.21. The number of piperidine rings is 1. The number of anilines is 1. The lowest BCUT2D eigenvalue weighted by molar-refractivity contribution is -0.128. The van der Waals surface area contributed by atoms with Crippen LogP contribution in [0.4, 0.5) is 5.13 Å². The molecule has 1 aromatic heterocycles. The summed E-state index contributed by atoms with van der Waals surface area (Å²) in [5, 5.41) is 8.19. The molecule has 6 nitrogen and oxygen atoms in total. The molecule has 1 saturated carbocycles. The zero-order chi connectivity index (χ0) is 18.4. The smallest absolute Gasteiger partial charge is 0.245 e. The van der Waals surface area contributed by atoms with Gasteiger partial charge < -0.3 is 10.6 Å². The Balaban J connectivity index is 1.40. The van der Waals surface area contributed by atoms with E-state index in [9.17, 15) is 9.59 Å². The molecule has 1 aromatic rings. The van der Waals surface area contributed by atoms with Crippen molar-refractivity contribution in [1.82, 2.24) is 15.2 Å². The second-order valence-corrected chi connectivity index (χ2v) is 8.59. The Bertz CT molecular complexity index is 612. The first-order chi connectivity index (χ1) is 12.6. The van der Waals surface area contributed by atoms with E-state index in [4.69, 9.17) is 0 Å². The Morgan fingerprint density at radius 1 is 1.23 bits per heavy atom. The van der Waals surface area contributed by atoms with Crippen molar-refractivity contribution in [2.45, 2.75) is 58.4 Å². The van der Waals surface area contributed by atoms with Gasteiger partial charge in [-0.2, -0.15) is 0 Å². The summed E-state index contributed by atoms with van der Waals surface area (Å²) in [4.78, 5) is 31.1. The maximum atomic E-state index is 12.1. The summed E-state index contributed by atoms with van der Waals surface area (Å²) >= 11 is 1.45. The van der Waals surface area contributed by atoms with Crippen LogP contribution in [0.1, 0.15) is 57.6 Å². The molecule has 144 valence electrons. The number of aromatic nitrogens is 1. The van der Waals surface area contributed by atoms with E-state index in [1.165, 1.54) is 30.6 Å². The first-order valence-corrected chi connectivity index (χ1v) is 10.7. The minimum atomic E-state index is -0.207. The molecule has 2 aliphatic rings. The van der Waals surface area contributed by atoms with Crippen LogP contribution in [0.3, 0.4) is 0 Å². The van der Waals surface area contributed by atoms with Gasteiger partial charge in [0.2, 0.25) is 11.8 Å². The van der Waals surface area contributed by atoms with E-state index in [1.807, 2.05) is 5.38 Å². The maximum Gasteiger partial charge on any atom is 0.245 e. The third kappa shape index (κ3) is 5.77. The van der Waals surface area contributed by atoms with Gasteiger partial charge in [0.1, 0.15) is 0 Å². The molecule has 1 aliphatic carbocycles. The van der Waals surface area contributed by atoms with Crippen LogP contribution in [0.2, 0.25) is 0 Å². The van der Waals surface area contributed by atoms with Gasteiger partial charge in [-0.1, -0.05) is 26.2 Å². The molecule has 0 spiro atoms. The molecular weight excluding hydrogens is 348 g/mol. The molecule has 0 radical (unpaired) electrons. The van der Waals surface area contributed by atoms with Gasteiger partial charge >= 0.3 is 0 Å². The topological polar surface area (TPSA) is 74.3 Å². The molecule has 1 saturated heterocycles. The van der Waals surface area contributed by atoms with Crippen LogP contribution in [0.25, 0.3) is 0 Å². The van der Waals surface area contributed by atoms with Gasteiger partial charge in [0.05, 0.1) is 12.2 Å². The molecule has 3 rings (SSSR count). The quantitative estimate of drug-likeness (QED) is 0.798. The predicted octanol–water partition coefficient (Wildman–Crippen LogP) is 3.01. The molecular formula is C19H30N4O2S. The van der Waals surface area contributed by atoms with Crippen LogP contribution >= 0.6 is 11.3 Å². The Morgan fingerprint density at radius 2 is 2.04 bits per heavy atom. The van der Waals surface area contributed by atoms with E-state index in [0.29, 0.717) is 5.13 Å². The van der Waals surface area contributed by atoms with Crippen LogP contribution in [0, 0.1) is 11.8 Å². The third-order valence-electron chi connectivity index (χ3n) is 5.32. The molecule has 7 heteroatoms. The highest BCUT2D eigenvalue weighted by Crippen LogP contribution is 2.23. The summed E-state index contributed by atoms with van der Waals surface area (Å²) in [7, 11) is 0. The van der Waals surface area contributed by atoms with E-state index >= 15 is 0 Å². The van der Waals surface area contributed by atoms with Crippen molar-refractivity contribution in [3.63, 3.8) is 0 Å². The summed E-state index contributed by atoms with van der Waals surface area (Å²) in [6.45, 7) is 5.40. The van der Waals surface area contributed by atoms with Crippen LogP contribution in [0.5, 0.6) is 0 Å². The molecule has 2 heterocycles. The number of carbonyl (C=O) groups is 2. The molecule has 1 aliphatic heterocycles. The van der Waals surface area contributed by atoms with Crippen molar-refractivity contribution in [3.8, 4) is 0 Å². The van der Waals surface area contributed by atoms with Crippen molar-refractivity contribution in [2.24, 2.45) is 11.8 Å². The predicted molar refractivity (Wildman–Crippen MR) is 104 cm³/mol. The van der Waals surface area contributed by atoms with E-state index < -0.39 is 0 Å².